The van der Waals surface area contributed by atoms with Crippen LogP contribution >= 0.6 is 0 Å². The fourth-order valence-electron chi connectivity index (χ4n) is 3.77. The number of ether oxygens (including phenoxy) is 1. The Balaban J connectivity index is 1.41. The number of para-hydroxylation sites is 2. The summed E-state index contributed by atoms with van der Waals surface area (Å²) in [5.41, 5.74) is 3.45. The van der Waals surface area contributed by atoms with E-state index in [4.69, 9.17) is 4.74 Å². The highest BCUT2D eigenvalue weighted by atomic mass is 32.2. The first kappa shape index (κ1) is 20.9. The van der Waals surface area contributed by atoms with Crippen LogP contribution in [0.25, 0.3) is 0 Å². The van der Waals surface area contributed by atoms with Crippen LogP contribution in [0.5, 0.6) is 5.75 Å². The third-order valence-electron chi connectivity index (χ3n) is 5.36. The molecule has 0 saturated carbocycles. The molecule has 1 heterocycles. The van der Waals surface area contributed by atoms with Crippen LogP contribution in [0.3, 0.4) is 0 Å². The Bertz CT molecular complexity index is 1210. The predicted octanol–water partition coefficient (Wildman–Crippen LogP) is 4.15. The molecule has 1 aliphatic rings. The second kappa shape index (κ2) is 8.43. The highest BCUT2D eigenvalue weighted by molar-refractivity contribution is 7.92. The number of carbonyl (C=O) groups excluding carboxylic acids is 1. The fourth-order valence-corrected chi connectivity index (χ4v) is 4.90. The van der Waals surface area contributed by atoms with Crippen molar-refractivity contribution in [1.29, 1.82) is 0 Å². The Morgan fingerprint density at radius 2 is 1.71 bits per heavy atom. The van der Waals surface area contributed by atoms with E-state index >= 15 is 0 Å². The molecule has 0 fully saturated rings. The fraction of sp³-hybridized carbons (Fsp3) is 0.208. The first-order chi connectivity index (χ1) is 14.8. The van der Waals surface area contributed by atoms with Crippen molar-refractivity contribution >= 4 is 27.3 Å². The normalized spacial score (nSPS) is 15.4. The second-order valence-corrected chi connectivity index (χ2v) is 9.31. The standard InChI is InChI=1S/C24H24N2O4S/c1-17-7-3-5-9-22(17)25-31(28,29)21-13-11-20(12-14-21)30-16-24(27)26-18(2)15-19-8-4-6-10-23(19)26/h3-14,18,25H,15-16H2,1-2H3/t18-/m1/s1. The summed E-state index contributed by atoms with van der Waals surface area (Å²) in [5.74, 6) is 0.304. The van der Waals surface area contributed by atoms with E-state index in [0.717, 1.165) is 23.2 Å². The number of nitrogens with zero attached hydrogens (tertiary/aromatic N) is 1. The Morgan fingerprint density at radius 1 is 1.03 bits per heavy atom. The van der Waals surface area contributed by atoms with Gasteiger partial charge in [-0.3, -0.25) is 9.52 Å². The van der Waals surface area contributed by atoms with Gasteiger partial charge in [0, 0.05) is 11.7 Å². The molecule has 4 rings (SSSR count). The van der Waals surface area contributed by atoms with E-state index in [9.17, 15) is 13.2 Å². The average Bonchev–Trinajstić information content (AvgIpc) is 3.09. The summed E-state index contributed by atoms with van der Waals surface area (Å²) in [6.45, 7) is 3.73. The van der Waals surface area contributed by atoms with Gasteiger partial charge in [0.05, 0.1) is 10.6 Å². The van der Waals surface area contributed by atoms with Gasteiger partial charge in [0.2, 0.25) is 0 Å². The molecular weight excluding hydrogens is 412 g/mol. The molecule has 0 bridgehead atoms. The highest BCUT2D eigenvalue weighted by Crippen LogP contribution is 2.32. The van der Waals surface area contributed by atoms with Crippen LogP contribution < -0.4 is 14.4 Å². The molecule has 1 amide bonds. The molecular formula is C24H24N2O4S. The van der Waals surface area contributed by atoms with Gasteiger partial charge < -0.3 is 9.64 Å². The zero-order valence-electron chi connectivity index (χ0n) is 17.4. The van der Waals surface area contributed by atoms with Gasteiger partial charge in [-0.1, -0.05) is 36.4 Å². The van der Waals surface area contributed by atoms with Gasteiger partial charge in [-0.15, -0.1) is 0 Å². The van der Waals surface area contributed by atoms with E-state index in [0.29, 0.717) is 11.4 Å². The smallest absolute Gasteiger partial charge is 0.265 e. The Labute approximate surface area is 182 Å². The van der Waals surface area contributed by atoms with Crippen LogP contribution in [-0.4, -0.2) is 27.0 Å². The minimum absolute atomic E-state index is 0.0773. The molecule has 160 valence electrons. The second-order valence-electron chi connectivity index (χ2n) is 7.63. The maximum Gasteiger partial charge on any atom is 0.265 e. The zero-order chi connectivity index (χ0) is 22.0. The largest absolute Gasteiger partial charge is 0.484 e. The average molecular weight is 437 g/mol. The van der Waals surface area contributed by atoms with Crippen LogP contribution in [0.4, 0.5) is 11.4 Å². The van der Waals surface area contributed by atoms with Crippen LogP contribution in [0, 0.1) is 6.92 Å². The van der Waals surface area contributed by atoms with Gasteiger partial charge in [0.1, 0.15) is 5.75 Å². The monoisotopic (exact) mass is 436 g/mol. The molecule has 7 heteroatoms. The summed E-state index contributed by atoms with van der Waals surface area (Å²) < 4.78 is 33.5. The molecule has 0 spiro atoms. The van der Waals surface area contributed by atoms with Crippen LogP contribution in [0.15, 0.2) is 77.7 Å². The molecule has 0 aliphatic carbocycles. The lowest BCUT2D eigenvalue weighted by atomic mass is 10.1. The number of amides is 1. The summed E-state index contributed by atoms with van der Waals surface area (Å²) in [7, 11) is -3.72. The lowest BCUT2D eigenvalue weighted by Crippen LogP contribution is -2.39. The number of carbonyl (C=O) groups is 1. The van der Waals surface area contributed by atoms with Gasteiger partial charge in [0.15, 0.2) is 6.61 Å². The maximum absolute atomic E-state index is 12.7. The van der Waals surface area contributed by atoms with Gasteiger partial charge in [0.25, 0.3) is 15.9 Å². The third kappa shape index (κ3) is 4.41. The zero-order valence-corrected chi connectivity index (χ0v) is 18.2. The van der Waals surface area contributed by atoms with Gasteiger partial charge in [-0.2, -0.15) is 0 Å². The predicted molar refractivity (Wildman–Crippen MR) is 121 cm³/mol. The highest BCUT2D eigenvalue weighted by Gasteiger charge is 2.30. The minimum atomic E-state index is -3.72. The molecule has 31 heavy (non-hydrogen) atoms. The number of nitrogens with one attached hydrogen (secondary N) is 1. The molecule has 0 unspecified atom stereocenters. The summed E-state index contributed by atoms with van der Waals surface area (Å²) in [5, 5.41) is 0. The van der Waals surface area contributed by atoms with E-state index in [1.165, 1.54) is 12.1 Å². The van der Waals surface area contributed by atoms with Crippen LogP contribution in [0.1, 0.15) is 18.1 Å². The molecule has 1 aliphatic heterocycles. The van der Waals surface area contributed by atoms with E-state index in [-0.39, 0.29) is 23.5 Å². The molecule has 1 N–H and O–H groups in total. The van der Waals surface area contributed by atoms with Crippen molar-refractivity contribution in [2.24, 2.45) is 0 Å². The number of benzene rings is 3. The molecule has 3 aromatic rings. The summed E-state index contributed by atoms with van der Waals surface area (Å²) >= 11 is 0. The van der Waals surface area contributed by atoms with E-state index < -0.39 is 10.0 Å². The Kier molecular flexibility index (Phi) is 5.69. The quantitative estimate of drug-likeness (QED) is 0.630. The third-order valence-corrected chi connectivity index (χ3v) is 6.74. The SMILES string of the molecule is Cc1ccccc1NS(=O)(=O)c1ccc(OCC(=O)N2c3ccccc3C[C@H]2C)cc1. The first-order valence-electron chi connectivity index (χ1n) is 10.1. The first-order valence-corrected chi connectivity index (χ1v) is 11.5. The molecule has 0 radical (unpaired) electrons. The number of aryl methyl sites for hydroxylation is 1. The molecule has 1 atom stereocenters. The number of hydrogen-bond donors (Lipinski definition) is 1. The summed E-state index contributed by atoms with van der Waals surface area (Å²) in [4.78, 5) is 14.6. The van der Waals surface area contributed by atoms with Crippen LogP contribution in [0.2, 0.25) is 0 Å². The topological polar surface area (TPSA) is 75.7 Å². The molecule has 0 aromatic heterocycles. The molecule has 6 nitrogen and oxygen atoms in total. The van der Waals surface area contributed by atoms with Gasteiger partial charge in [-0.05, 0) is 67.8 Å². The van der Waals surface area contributed by atoms with E-state index in [2.05, 4.69) is 4.72 Å². The van der Waals surface area contributed by atoms with Gasteiger partial charge >= 0.3 is 0 Å². The number of sulfonamides is 1. The Morgan fingerprint density at radius 3 is 2.45 bits per heavy atom. The van der Waals surface area contributed by atoms with Crippen molar-refractivity contribution in [3.05, 3.63) is 83.9 Å². The number of rotatable bonds is 6. The van der Waals surface area contributed by atoms with Crippen molar-refractivity contribution in [2.45, 2.75) is 31.2 Å². The van der Waals surface area contributed by atoms with Crippen molar-refractivity contribution in [3.63, 3.8) is 0 Å². The summed E-state index contributed by atoms with van der Waals surface area (Å²) in [6, 6.07) is 21.2. The van der Waals surface area contributed by atoms with Crippen molar-refractivity contribution < 1.29 is 17.9 Å². The number of hydrogen-bond acceptors (Lipinski definition) is 4. The number of fused-ring (bicyclic) bond motifs is 1. The maximum atomic E-state index is 12.7. The molecule has 0 saturated heterocycles. The summed E-state index contributed by atoms with van der Waals surface area (Å²) in [6.07, 6.45) is 0.822. The van der Waals surface area contributed by atoms with Crippen molar-refractivity contribution in [3.8, 4) is 5.75 Å². The van der Waals surface area contributed by atoms with Crippen LogP contribution in [-0.2, 0) is 21.2 Å². The Hall–Kier alpha value is -3.32. The van der Waals surface area contributed by atoms with Crippen molar-refractivity contribution in [2.75, 3.05) is 16.2 Å². The van der Waals surface area contributed by atoms with Crippen molar-refractivity contribution in [1.82, 2.24) is 0 Å². The number of anilines is 2. The van der Waals surface area contributed by atoms with Gasteiger partial charge in [-0.25, -0.2) is 8.42 Å². The van der Waals surface area contributed by atoms with E-state index in [1.807, 2.05) is 50.2 Å². The lowest BCUT2D eigenvalue weighted by molar-refractivity contribution is -0.120. The van der Waals surface area contributed by atoms with E-state index in [1.54, 1.807) is 29.2 Å². The minimum Gasteiger partial charge on any atom is -0.484 e. The molecule has 3 aromatic carbocycles. The lowest BCUT2D eigenvalue weighted by Gasteiger charge is -2.22.